The van der Waals surface area contributed by atoms with Crippen molar-refractivity contribution in [3.8, 4) is 17.3 Å². The second kappa shape index (κ2) is 6.02. The van der Waals surface area contributed by atoms with E-state index in [-0.39, 0.29) is 11.1 Å². The van der Waals surface area contributed by atoms with Crippen molar-refractivity contribution in [3.05, 3.63) is 65.2 Å². The summed E-state index contributed by atoms with van der Waals surface area (Å²) in [6.07, 6.45) is -0.0790. The van der Waals surface area contributed by atoms with Gasteiger partial charge < -0.3 is 4.43 Å². The van der Waals surface area contributed by atoms with Crippen molar-refractivity contribution in [3.63, 3.8) is 0 Å². The van der Waals surface area contributed by atoms with E-state index in [1.807, 2.05) is 18.2 Å². The van der Waals surface area contributed by atoms with Crippen molar-refractivity contribution < 1.29 is 4.43 Å². The standard InChI is InChI=1S/C23H24N2OSi/c1-23(2,3)27(4,5)26-22-18-9-7-6-8-17(18)21-19(22)13-16-11-10-15(14-24)12-20(16)25-21/h6-13,22H,1-5H3. The molecule has 0 bridgehead atoms. The van der Waals surface area contributed by atoms with Crippen LogP contribution in [-0.4, -0.2) is 13.3 Å². The lowest BCUT2D eigenvalue weighted by Gasteiger charge is -2.38. The first-order chi connectivity index (χ1) is 12.7. The molecule has 1 atom stereocenters. The molecule has 1 aromatic heterocycles. The van der Waals surface area contributed by atoms with Crippen LogP contribution < -0.4 is 0 Å². The summed E-state index contributed by atoms with van der Waals surface area (Å²) in [7, 11) is -1.96. The first-order valence-electron chi connectivity index (χ1n) is 9.33. The highest BCUT2D eigenvalue weighted by Gasteiger charge is 2.42. The zero-order valence-corrected chi connectivity index (χ0v) is 17.5. The molecule has 0 radical (unpaired) electrons. The largest absolute Gasteiger partial charge is 0.406 e. The molecule has 4 rings (SSSR count). The van der Waals surface area contributed by atoms with Gasteiger partial charge in [-0.15, -0.1) is 0 Å². The molecule has 3 nitrogen and oxygen atoms in total. The van der Waals surface area contributed by atoms with Crippen LogP contribution in [0.2, 0.25) is 18.1 Å². The quantitative estimate of drug-likeness (QED) is 0.503. The van der Waals surface area contributed by atoms with Gasteiger partial charge in [0.25, 0.3) is 0 Å². The first-order valence-corrected chi connectivity index (χ1v) is 12.2. The molecule has 1 aliphatic rings. The van der Waals surface area contributed by atoms with Crippen LogP contribution >= 0.6 is 0 Å². The molecule has 136 valence electrons. The van der Waals surface area contributed by atoms with Gasteiger partial charge in [0.1, 0.15) is 0 Å². The average molecular weight is 373 g/mol. The van der Waals surface area contributed by atoms with E-state index in [1.165, 1.54) is 5.56 Å². The molecule has 4 heteroatoms. The van der Waals surface area contributed by atoms with E-state index in [1.54, 1.807) is 0 Å². The first kappa shape index (κ1) is 17.9. The number of nitriles is 1. The van der Waals surface area contributed by atoms with Crippen molar-refractivity contribution >= 4 is 19.2 Å². The number of fused-ring (bicyclic) bond motifs is 4. The van der Waals surface area contributed by atoms with Crippen LogP contribution in [0.25, 0.3) is 22.2 Å². The summed E-state index contributed by atoms with van der Waals surface area (Å²) in [5.41, 5.74) is 5.95. The molecular weight excluding hydrogens is 348 g/mol. The highest BCUT2D eigenvalue weighted by molar-refractivity contribution is 6.74. The van der Waals surface area contributed by atoms with Gasteiger partial charge in [0.15, 0.2) is 8.32 Å². The van der Waals surface area contributed by atoms with Gasteiger partial charge in [-0.1, -0.05) is 51.1 Å². The van der Waals surface area contributed by atoms with Crippen LogP contribution in [0.1, 0.15) is 43.6 Å². The van der Waals surface area contributed by atoms with Gasteiger partial charge in [-0.3, -0.25) is 0 Å². The molecule has 0 N–H and O–H groups in total. The maximum Gasteiger partial charge on any atom is 0.193 e. The molecule has 0 aliphatic heterocycles. The second-order valence-corrected chi connectivity index (χ2v) is 13.5. The lowest BCUT2D eigenvalue weighted by Crippen LogP contribution is -2.41. The molecule has 0 saturated heterocycles. The predicted molar refractivity (Wildman–Crippen MR) is 112 cm³/mol. The van der Waals surface area contributed by atoms with Crippen molar-refractivity contribution in [2.45, 2.75) is 45.0 Å². The average Bonchev–Trinajstić information content (AvgIpc) is 2.91. The van der Waals surface area contributed by atoms with E-state index in [0.29, 0.717) is 5.56 Å². The lowest BCUT2D eigenvalue weighted by atomic mass is 10.1. The molecule has 3 aromatic rings. The third kappa shape index (κ3) is 2.88. The number of pyridine rings is 1. The number of hydrogen-bond acceptors (Lipinski definition) is 3. The molecule has 0 spiro atoms. The molecule has 1 heterocycles. The minimum Gasteiger partial charge on any atom is -0.406 e. The molecule has 0 fully saturated rings. The Kier molecular flexibility index (Phi) is 3.99. The van der Waals surface area contributed by atoms with E-state index in [2.05, 4.69) is 70.3 Å². The number of nitrogens with zero attached hydrogens (tertiary/aromatic N) is 2. The van der Waals surface area contributed by atoms with Gasteiger partial charge in [0, 0.05) is 16.5 Å². The zero-order chi connectivity index (χ0) is 19.4. The molecule has 0 saturated carbocycles. The van der Waals surface area contributed by atoms with Crippen LogP contribution in [0, 0.1) is 11.3 Å². The topological polar surface area (TPSA) is 45.9 Å². The van der Waals surface area contributed by atoms with Crippen molar-refractivity contribution in [2.75, 3.05) is 0 Å². The third-order valence-electron chi connectivity index (χ3n) is 5.98. The van der Waals surface area contributed by atoms with Crippen molar-refractivity contribution in [2.24, 2.45) is 0 Å². The normalized spacial score (nSPS) is 16.1. The maximum atomic E-state index is 9.20. The van der Waals surface area contributed by atoms with Gasteiger partial charge in [-0.05, 0) is 41.9 Å². The van der Waals surface area contributed by atoms with Crippen molar-refractivity contribution in [1.29, 1.82) is 5.26 Å². The summed E-state index contributed by atoms with van der Waals surface area (Å²) in [5, 5.41) is 10.4. The lowest BCUT2D eigenvalue weighted by molar-refractivity contribution is 0.226. The SMILES string of the molecule is CC(C)(C)[Si](C)(C)OC1c2ccccc2-c2nc3cc(C#N)ccc3cc21. The summed E-state index contributed by atoms with van der Waals surface area (Å²) in [6.45, 7) is 11.4. The number of hydrogen-bond donors (Lipinski definition) is 0. The van der Waals surface area contributed by atoms with E-state index < -0.39 is 8.32 Å². The van der Waals surface area contributed by atoms with Gasteiger partial charge >= 0.3 is 0 Å². The van der Waals surface area contributed by atoms with Gasteiger partial charge in [-0.2, -0.15) is 5.26 Å². The van der Waals surface area contributed by atoms with Crippen LogP contribution in [0.3, 0.4) is 0 Å². The maximum absolute atomic E-state index is 9.20. The number of aromatic nitrogens is 1. The summed E-state index contributed by atoms with van der Waals surface area (Å²) < 4.78 is 6.86. The Bertz CT molecular complexity index is 1090. The van der Waals surface area contributed by atoms with Crippen LogP contribution in [0.15, 0.2) is 48.5 Å². The summed E-state index contributed by atoms with van der Waals surface area (Å²) in [5.74, 6) is 0. The monoisotopic (exact) mass is 372 g/mol. The molecule has 1 aliphatic carbocycles. The minimum absolute atomic E-state index is 0.0790. The Labute approximate surface area is 161 Å². The zero-order valence-electron chi connectivity index (χ0n) is 16.5. The number of benzene rings is 2. The Morgan fingerprint density at radius 2 is 1.78 bits per heavy atom. The van der Waals surface area contributed by atoms with E-state index in [4.69, 9.17) is 9.41 Å². The summed E-state index contributed by atoms with van der Waals surface area (Å²) in [6, 6.07) is 18.5. The Balaban J connectivity index is 1.91. The fourth-order valence-corrected chi connectivity index (χ4v) is 4.57. The summed E-state index contributed by atoms with van der Waals surface area (Å²) >= 11 is 0. The van der Waals surface area contributed by atoms with E-state index in [0.717, 1.165) is 27.7 Å². The molecular formula is C23H24N2OSi. The Morgan fingerprint density at radius 1 is 1.04 bits per heavy atom. The fraction of sp³-hybridized carbons (Fsp3) is 0.304. The smallest absolute Gasteiger partial charge is 0.193 e. The highest BCUT2D eigenvalue weighted by atomic mass is 28.4. The predicted octanol–water partition coefficient (Wildman–Crippen LogP) is 6.20. The van der Waals surface area contributed by atoms with E-state index in [9.17, 15) is 5.26 Å². The minimum atomic E-state index is -1.96. The second-order valence-electron chi connectivity index (χ2n) is 8.79. The van der Waals surface area contributed by atoms with Gasteiger partial charge in [0.2, 0.25) is 0 Å². The number of rotatable bonds is 2. The van der Waals surface area contributed by atoms with E-state index >= 15 is 0 Å². The summed E-state index contributed by atoms with van der Waals surface area (Å²) in [4.78, 5) is 4.93. The van der Waals surface area contributed by atoms with Crippen molar-refractivity contribution in [1.82, 2.24) is 4.98 Å². The fourth-order valence-electron chi connectivity index (χ4n) is 3.38. The highest BCUT2D eigenvalue weighted by Crippen LogP contribution is 2.49. The Hall–Kier alpha value is -2.48. The molecule has 1 unspecified atom stereocenters. The Morgan fingerprint density at radius 3 is 2.48 bits per heavy atom. The molecule has 27 heavy (non-hydrogen) atoms. The van der Waals surface area contributed by atoms with Crippen LogP contribution in [0.5, 0.6) is 0 Å². The molecule has 2 aromatic carbocycles. The third-order valence-corrected chi connectivity index (χ3v) is 10.4. The van der Waals surface area contributed by atoms with Gasteiger partial charge in [0.05, 0.1) is 28.9 Å². The van der Waals surface area contributed by atoms with Crippen LogP contribution in [-0.2, 0) is 4.43 Å². The molecule has 0 amide bonds. The van der Waals surface area contributed by atoms with Gasteiger partial charge in [-0.25, -0.2) is 4.98 Å². The van der Waals surface area contributed by atoms with Crippen LogP contribution in [0.4, 0.5) is 0 Å².